The van der Waals surface area contributed by atoms with Crippen molar-refractivity contribution in [1.29, 1.82) is 0 Å². The van der Waals surface area contributed by atoms with Gasteiger partial charge in [-0.15, -0.1) is 0 Å². The largest absolute Gasteiger partial charge is 0.479 e. The van der Waals surface area contributed by atoms with Crippen LogP contribution in [-0.2, 0) is 19.1 Å². The van der Waals surface area contributed by atoms with E-state index in [0.29, 0.717) is 0 Å². The summed E-state index contributed by atoms with van der Waals surface area (Å²) in [6.45, 7) is 5.91. The lowest BCUT2D eigenvalue weighted by Gasteiger charge is -2.27. The number of nitrogens with two attached hydrogens (primary N) is 1. The highest BCUT2D eigenvalue weighted by atomic mass is 16.6. The Labute approximate surface area is 93.8 Å². The van der Waals surface area contributed by atoms with Crippen molar-refractivity contribution in [2.45, 2.75) is 45.3 Å². The molecule has 0 aliphatic carbocycles. The molecule has 0 fully saturated rings. The summed E-state index contributed by atoms with van der Waals surface area (Å²) in [6, 6.07) is 0. The summed E-state index contributed by atoms with van der Waals surface area (Å²) in [5, 5.41) is 8.87. The molecule has 0 saturated heterocycles. The molecule has 1 unspecified atom stereocenters. The Morgan fingerprint density at radius 2 is 1.69 bits per heavy atom. The zero-order valence-corrected chi connectivity index (χ0v) is 9.86. The van der Waals surface area contributed by atoms with Crippen LogP contribution in [0.25, 0.3) is 0 Å². The molecular weight excluding hydrogens is 214 g/mol. The topological polar surface area (TPSA) is 107 Å². The Bertz CT molecular complexity index is 318. The Kier molecular flexibility index (Phi) is 4.20. The van der Waals surface area contributed by atoms with Crippen LogP contribution in [0.15, 0.2) is 0 Å². The van der Waals surface area contributed by atoms with Crippen molar-refractivity contribution in [3.05, 3.63) is 0 Å². The van der Waals surface area contributed by atoms with Gasteiger partial charge in [0.15, 0.2) is 0 Å². The fraction of sp³-hybridized carbons (Fsp3) is 0.700. The van der Waals surface area contributed by atoms with Gasteiger partial charge >= 0.3 is 11.9 Å². The fourth-order valence-corrected chi connectivity index (χ4v) is 0.997. The lowest BCUT2D eigenvalue weighted by molar-refractivity contribution is -0.170. The predicted molar refractivity (Wildman–Crippen MR) is 55.7 cm³/mol. The van der Waals surface area contributed by atoms with Crippen LogP contribution < -0.4 is 5.73 Å². The molecule has 6 nitrogen and oxygen atoms in total. The van der Waals surface area contributed by atoms with Gasteiger partial charge in [-0.25, -0.2) is 9.59 Å². The minimum atomic E-state index is -2.31. The summed E-state index contributed by atoms with van der Waals surface area (Å²) in [5.74, 6) is -3.17. The van der Waals surface area contributed by atoms with E-state index in [9.17, 15) is 14.4 Å². The third-order valence-corrected chi connectivity index (χ3v) is 1.67. The van der Waals surface area contributed by atoms with E-state index < -0.39 is 35.3 Å². The van der Waals surface area contributed by atoms with Gasteiger partial charge in [0.25, 0.3) is 0 Å². The molecule has 16 heavy (non-hydrogen) atoms. The molecule has 0 aromatic carbocycles. The number of rotatable bonds is 4. The van der Waals surface area contributed by atoms with E-state index in [2.05, 4.69) is 0 Å². The molecule has 0 bridgehead atoms. The number of carbonyl (C=O) groups excluding carboxylic acids is 2. The minimum Gasteiger partial charge on any atom is -0.479 e. The zero-order valence-electron chi connectivity index (χ0n) is 9.86. The molecule has 1 atom stereocenters. The average molecular weight is 231 g/mol. The summed E-state index contributed by atoms with van der Waals surface area (Å²) in [7, 11) is 0. The summed E-state index contributed by atoms with van der Waals surface area (Å²) < 4.78 is 4.87. The Hall–Kier alpha value is -1.43. The second-order valence-electron chi connectivity index (χ2n) is 4.66. The minimum absolute atomic E-state index is 0.490. The highest BCUT2D eigenvalue weighted by Gasteiger charge is 2.46. The van der Waals surface area contributed by atoms with Gasteiger partial charge < -0.3 is 15.6 Å². The van der Waals surface area contributed by atoms with E-state index in [1.54, 1.807) is 20.8 Å². The fourth-order valence-electron chi connectivity index (χ4n) is 0.997. The maximum Gasteiger partial charge on any atom is 0.338 e. The first-order chi connectivity index (χ1) is 6.99. The van der Waals surface area contributed by atoms with Crippen molar-refractivity contribution < 1.29 is 24.2 Å². The van der Waals surface area contributed by atoms with E-state index in [0.717, 1.165) is 6.92 Å². The van der Waals surface area contributed by atoms with Gasteiger partial charge in [-0.05, 0) is 27.7 Å². The first kappa shape index (κ1) is 14.6. The highest BCUT2D eigenvalue weighted by molar-refractivity contribution is 6.07. The molecular formula is C10H17NO5. The molecule has 0 heterocycles. The SMILES string of the molecule is CC(=O)CC(N)(C(=O)O)C(=O)OC(C)(C)C. The quantitative estimate of drug-likeness (QED) is 0.524. The third-order valence-electron chi connectivity index (χ3n) is 1.67. The Morgan fingerprint density at radius 1 is 1.25 bits per heavy atom. The van der Waals surface area contributed by atoms with E-state index >= 15 is 0 Å². The number of ketones is 1. The molecule has 0 aromatic rings. The second-order valence-corrected chi connectivity index (χ2v) is 4.66. The number of esters is 1. The molecule has 0 radical (unpaired) electrons. The van der Waals surface area contributed by atoms with Crippen LogP contribution in [0.5, 0.6) is 0 Å². The highest BCUT2D eigenvalue weighted by Crippen LogP contribution is 2.16. The van der Waals surface area contributed by atoms with Gasteiger partial charge in [-0.3, -0.25) is 4.79 Å². The molecule has 3 N–H and O–H groups in total. The number of carboxylic acid groups (broad SMARTS) is 1. The monoisotopic (exact) mass is 231 g/mol. The number of hydrogen-bond donors (Lipinski definition) is 2. The van der Waals surface area contributed by atoms with Gasteiger partial charge in [-0.2, -0.15) is 0 Å². The first-order valence-corrected chi connectivity index (χ1v) is 4.74. The average Bonchev–Trinajstić information content (AvgIpc) is 1.98. The van der Waals surface area contributed by atoms with Gasteiger partial charge in [0.1, 0.15) is 11.4 Å². The molecule has 92 valence electrons. The number of ether oxygens (including phenoxy) is 1. The maximum atomic E-state index is 11.6. The molecule has 0 amide bonds. The van der Waals surface area contributed by atoms with Crippen LogP contribution in [0, 0.1) is 0 Å². The summed E-state index contributed by atoms with van der Waals surface area (Å²) in [5.41, 5.74) is 2.24. The van der Waals surface area contributed by atoms with E-state index in [4.69, 9.17) is 15.6 Å². The molecule has 0 spiro atoms. The van der Waals surface area contributed by atoms with Crippen LogP contribution in [0.3, 0.4) is 0 Å². The van der Waals surface area contributed by atoms with Crippen molar-refractivity contribution in [2.75, 3.05) is 0 Å². The van der Waals surface area contributed by atoms with Crippen molar-refractivity contribution in [3.63, 3.8) is 0 Å². The lowest BCUT2D eigenvalue weighted by Crippen LogP contribution is -2.58. The summed E-state index contributed by atoms with van der Waals surface area (Å²) >= 11 is 0. The van der Waals surface area contributed by atoms with Crippen molar-refractivity contribution >= 4 is 17.7 Å². The van der Waals surface area contributed by atoms with Crippen LogP contribution in [0.2, 0.25) is 0 Å². The van der Waals surface area contributed by atoms with Gasteiger partial charge in [0, 0.05) is 6.42 Å². The maximum absolute atomic E-state index is 11.6. The summed E-state index contributed by atoms with van der Waals surface area (Å²) in [4.78, 5) is 33.4. The van der Waals surface area contributed by atoms with Crippen LogP contribution in [-0.4, -0.2) is 34.0 Å². The smallest absolute Gasteiger partial charge is 0.338 e. The first-order valence-electron chi connectivity index (χ1n) is 4.74. The van der Waals surface area contributed by atoms with Crippen molar-refractivity contribution in [2.24, 2.45) is 5.73 Å². The second kappa shape index (κ2) is 4.61. The molecule has 0 saturated carbocycles. The van der Waals surface area contributed by atoms with Crippen molar-refractivity contribution in [1.82, 2.24) is 0 Å². The van der Waals surface area contributed by atoms with Crippen LogP contribution in [0.4, 0.5) is 0 Å². The predicted octanol–water partition coefficient (Wildman–Crippen LogP) is 0.0893. The number of carboxylic acids is 1. The van der Waals surface area contributed by atoms with E-state index in [1.165, 1.54) is 0 Å². The number of carbonyl (C=O) groups is 3. The van der Waals surface area contributed by atoms with Gasteiger partial charge in [0.2, 0.25) is 5.54 Å². The normalized spacial score (nSPS) is 15.1. The standard InChI is InChI=1S/C10H17NO5/c1-6(12)5-10(11,7(13)14)8(15)16-9(2,3)4/h5,11H2,1-4H3,(H,13,14). The van der Waals surface area contributed by atoms with Crippen molar-refractivity contribution in [3.8, 4) is 0 Å². The zero-order chi connectivity index (χ0) is 13.1. The number of aliphatic carboxylic acids is 1. The van der Waals surface area contributed by atoms with Gasteiger partial charge in [-0.1, -0.05) is 0 Å². The molecule has 6 heteroatoms. The Morgan fingerprint density at radius 3 is 1.94 bits per heavy atom. The van der Waals surface area contributed by atoms with Crippen LogP contribution >= 0.6 is 0 Å². The third kappa shape index (κ3) is 3.98. The number of hydrogen-bond acceptors (Lipinski definition) is 5. The van der Waals surface area contributed by atoms with Gasteiger partial charge in [0.05, 0.1) is 0 Å². The summed E-state index contributed by atoms with van der Waals surface area (Å²) in [6.07, 6.45) is -0.586. The molecule has 0 aliphatic heterocycles. The van der Waals surface area contributed by atoms with E-state index in [-0.39, 0.29) is 0 Å². The van der Waals surface area contributed by atoms with Crippen LogP contribution in [0.1, 0.15) is 34.1 Å². The Balaban J connectivity index is 4.99. The molecule has 0 rings (SSSR count). The lowest BCUT2D eigenvalue weighted by atomic mass is 9.94. The molecule has 0 aromatic heterocycles. The van der Waals surface area contributed by atoms with E-state index in [1.807, 2.05) is 0 Å². The number of Topliss-reactive ketones (excluding diaryl/α,β-unsaturated/α-hetero) is 1. The molecule has 0 aliphatic rings.